The molecule has 3 atom stereocenters. The van der Waals surface area contributed by atoms with Crippen LogP contribution in [0, 0.1) is 5.92 Å². The first-order chi connectivity index (χ1) is 7.71. The van der Waals surface area contributed by atoms with E-state index in [0.29, 0.717) is 11.9 Å². The van der Waals surface area contributed by atoms with Gasteiger partial charge >= 0.3 is 0 Å². The van der Waals surface area contributed by atoms with Gasteiger partial charge in [0.2, 0.25) is 0 Å². The van der Waals surface area contributed by atoms with Crippen LogP contribution in [-0.2, 0) is 0 Å². The maximum Gasteiger partial charge on any atom is 0.156 e. The number of oxime groups is 1. The van der Waals surface area contributed by atoms with E-state index >= 15 is 0 Å². The van der Waals surface area contributed by atoms with Crippen molar-refractivity contribution < 1.29 is 5.21 Å². The molecule has 1 aliphatic carbocycles. The fraction of sp³-hybridized carbons (Fsp3) is 0.917. The average Bonchev–Trinajstić information content (AvgIpc) is 2.35. The Hall–Kier alpha value is -0.770. The number of hydrogen-bond donors (Lipinski definition) is 3. The highest BCUT2D eigenvalue weighted by Crippen LogP contribution is 2.26. The molecule has 4 N–H and O–H groups in total. The molecule has 16 heavy (non-hydrogen) atoms. The molecule has 0 heterocycles. The maximum atomic E-state index is 8.69. The zero-order valence-electron chi connectivity index (χ0n) is 10.4. The smallest absolute Gasteiger partial charge is 0.156 e. The highest BCUT2D eigenvalue weighted by Gasteiger charge is 2.23. The van der Waals surface area contributed by atoms with Crippen molar-refractivity contribution in [3.8, 4) is 0 Å². The molecular weight excluding hydrogens is 202 g/mol. The summed E-state index contributed by atoms with van der Waals surface area (Å²) in [5, 5.41) is 15.3. The Bertz CT molecular complexity index is 230. The van der Waals surface area contributed by atoms with Crippen LogP contribution in [-0.4, -0.2) is 23.1 Å². The van der Waals surface area contributed by atoms with Crippen molar-refractivity contribution in [2.24, 2.45) is 16.8 Å². The van der Waals surface area contributed by atoms with E-state index in [1.54, 1.807) is 0 Å². The summed E-state index contributed by atoms with van der Waals surface area (Å²) in [6, 6.07) is 0.551. The number of amidine groups is 1. The molecule has 0 bridgehead atoms. The zero-order valence-corrected chi connectivity index (χ0v) is 10.4. The second-order valence-electron chi connectivity index (χ2n) is 4.79. The largest absolute Gasteiger partial charge is 0.409 e. The van der Waals surface area contributed by atoms with Crippen molar-refractivity contribution in [2.75, 3.05) is 0 Å². The van der Waals surface area contributed by atoms with Crippen LogP contribution < -0.4 is 11.1 Å². The van der Waals surface area contributed by atoms with E-state index in [2.05, 4.69) is 24.3 Å². The van der Waals surface area contributed by atoms with Gasteiger partial charge in [0.05, 0.1) is 6.04 Å². The van der Waals surface area contributed by atoms with E-state index < -0.39 is 0 Å². The average molecular weight is 227 g/mol. The van der Waals surface area contributed by atoms with Crippen molar-refractivity contribution in [2.45, 2.75) is 64.5 Å². The minimum absolute atomic E-state index is 0.0191. The third-order valence-electron chi connectivity index (χ3n) is 3.68. The summed E-state index contributed by atoms with van der Waals surface area (Å²) in [5.74, 6) is 1.15. The molecule has 0 radical (unpaired) electrons. The van der Waals surface area contributed by atoms with Crippen LogP contribution in [0.3, 0.4) is 0 Å². The minimum atomic E-state index is 0.0191. The maximum absolute atomic E-state index is 8.69. The molecular formula is C12H25N3O. The third kappa shape index (κ3) is 3.67. The summed E-state index contributed by atoms with van der Waals surface area (Å²) in [5.41, 5.74) is 5.65. The second kappa shape index (κ2) is 6.74. The second-order valence-corrected chi connectivity index (χ2v) is 4.79. The Morgan fingerprint density at radius 3 is 2.81 bits per heavy atom. The SMILES string of the molecule is CCC1CCCC(NC(CC)C(N)=NO)C1. The van der Waals surface area contributed by atoms with Gasteiger partial charge in [0.1, 0.15) is 0 Å². The molecule has 0 aromatic carbocycles. The summed E-state index contributed by atoms with van der Waals surface area (Å²) in [4.78, 5) is 0. The van der Waals surface area contributed by atoms with E-state index in [9.17, 15) is 0 Å². The van der Waals surface area contributed by atoms with Gasteiger partial charge in [-0.05, 0) is 25.2 Å². The van der Waals surface area contributed by atoms with Gasteiger partial charge in [-0.25, -0.2) is 0 Å². The molecule has 0 saturated heterocycles. The van der Waals surface area contributed by atoms with Gasteiger partial charge in [0, 0.05) is 6.04 Å². The van der Waals surface area contributed by atoms with Gasteiger partial charge in [-0.3, -0.25) is 0 Å². The third-order valence-corrected chi connectivity index (χ3v) is 3.68. The Labute approximate surface area is 98.3 Å². The Morgan fingerprint density at radius 2 is 2.25 bits per heavy atom. The molecule has 1 saturated carbocycles. The Morgan fingerprint density at radius 1 is 1.50 bits per heavy atom. The van der Waals surface area contributed by atoms with Crippen LogP contribution >= 0.6 is 0 Å². The lowest BCUT2D eigenvalue weighted by molar-refractivity contribution is 0.268. The number of nitrogens with zero attached hydrogens (tertiary/aromatic N) is 1. The van der Waals surface area contributed by atoms with Gasteiger partial charge in [-0.1, -0.05) is 38.3 Å². The molecule has 0 aliphatic heterocycles. The van der Waals surface area contributed by atoms with Crippen LogP contribution in [0.25, 0.3) is 0 Å². The molecule has 1 fully saturated rings. The number of rotatable bonds is 5. The molecule has 3 unspecified atom stereocenters. The predicted octanol–water partition coefficient (Wildman–Crippen LogP) is 2.07. The number of nitrogens with one attached hydrogen (secondary N) is 1. The molecule has 1 aliphatic rings. The van der Waals surface area contributed by atoms with Crippen molar-refractivity contribution in [1.82, 2.24) is 5.32 Å². The lowest BCUT2D eigenvalue weighted by atomic mass is 9.84. The molecule has 94 valence electrons. The lowest BCUT2D eigenvalue weighted by Crippen LogP contribution is -2.47. The van der Waals surface area contributed by atoms with E-state index in [1.807, 2.05) is 0 Å². The monoisotopic (exact) mass is 227 g/mol. The fourth-order valence-electron chi connectivity index (χ4n) is 2.58. The first kappa shape index (κ1) is 13.3. The normalized spacial score (nSPS) is 29.0. The van der Waals surface area contributed by atoms with Crippen molar-refractivity contribution >= 4 is 5.84 Å². The first-order valence-corrected chi connectivity index (χ1v) is 6.44. The van der Waals surface area contributed by atoms with E-state index in [-0.39, 0.29) is 6.04 Å². The highest BCUT2D eigenvalue weighted by atomic mass is 16.4. The predicted molar refractivity (Wildman–Crippen MR) is 66.7 cm³/mol. The van der Waals surface area contributed by atoms with Gasteiger partial charge in [-0.15, -0.1) is 0 Å². The van der Waals surface area contributed by atoms with Crippen LogP contribution in [0.2, 0.25) is 0 Å². The topological polar surface area (TPSA) is 70.6 Å². The zero-order chi connectivity index (χ0) is 12.0. The highest BCUT2D eigenvalue weighted by molar-refractivity contribution is 5.85. The number of hydrogen-bond acceptors (Lipinski definition) is 3. The quantitative estimate of drug-likeness (QED) is 0.291. The number of nitrogens with two attached hydrogens (primary N) is 1. The van der Waals surface area contributed by atoms with Crippen molar-refractivity contribution in [3.63, 3.8) is 0 Å². The van der Waals surface area contributed by atoms with Gasteiger partial charge in [0.15, 0.2) is 5.84 Å². The molecule has 0 spiro atoms. The standard InChI is InChI=1S/C12H25N3O/c1-3-9-6-5-7-10(8-9)14-11(4-2)12(13)15-16/h9-11,14,16H,3-8H2,1-2H3,(H2,13,15). The minimum Gasteiger partial charge on any atom is -0.409 e. The summed E-state index contributed by atoms with van der Waals surface area (Å²) in [7, 11) is 0. The van der Waals surface area contributed by atoms with Gasteiger partial charge < -0.3 is 16.3 Å². The first-order valence-electron chi connectivity index (χ1n) is 6.44. The molecule has 0 amide bonds. The van der Waals surface area contributed by atoms with Crippen LogP contribution in [0.15, 0.2) is 5.16 Å². The van der Waals surface area contributed by atoms with Crippen LogP contribution in [0.5, 0.6) is 0 Å². The van der Waals surface area contributed by atoms with Crippen molar-refractivity contribution in [1.29, 1.82) is 0 Å². The van der Waals surface area contributed by atoms with E-state index in [4.69, 9.17) is 10.9 Å². The molecule has 4 heteroatoms. The molecule has 0 aromatic rings. The van der Waals surface area contributed by atoms with Gasteiger partial charge in [0.25, 0.3) is 0 Å². The van der Waals surface area contributed by atoms with Crippen LogP contribution in [0.4, 0.5) is 0 Å². The summed E-state index contributed by atoms with van der Waals surface area (Å²) in [6.45, 7) is 4.31. The summed E-state index contributed by atoms with van der Waals surface area (Å²) in [6.07, 6.45) is 7.22. The van der Waals surface area contributed by atoms with Gasteiger partial charge in [-0.2, -0.15) is 0 Å². The molecule has 1 rings (SSSR count). The Balaban J connectivity index is 2.45. The Kier molecular flexibility index (Phi) is 5.60. The van der Waals surface area contributed by atoms with E-state index in [1.165, 1.54) is 32.1 Å². The summed E-state index contributed by atoms with van der Waals surface area (Å²) >= 11 is 0. The molecule has 0 aromatic heterocycles. The summed E-state index contributed by atoms with van der Waals surface area (Å²) < 4.78 is 0. The lowest BCUT2D eigenvalue weighted by Gasteiger charge is -2.31. The molecule has 4 nitrogen and oxygen atoms in total. The van der Waals surface area contributed by atoms with Crippen LogP contribution in [0.1, 0.15) is 52.4 Å². The van der Waals surface area contributed by atoms with Crippen molar-refractivity contribution in [3.05, 3.63) is 0 Å². The van der Waals surface area contributed by atoms with E-state index in [0.717, 1.165) is 12.3 Å². The fourth-order valence-corrected chi connectivity index (χ4v) is 2.58.